The lowest BCUT2D eigenvalue weighted by Crippen LogP contribution is -2.11. The number of fused-ring (bicyclic) bond motifs is 2. The van der Waals surface area contributed by atoms with Crippen molar-refractivity contribution in [3.63, 3.8) is 0 Å². The normalized spacial score (nSPS) is 11.4. The van der Waals surface area contributed by atoms with Crippen molar-refractivity contribution in [2.75, 3.05) is 0 Å². The van der Waals surface area contributed by atoms with Crippen molar-refractivity contribution in [3.05, 3.63) is 88.1 Å². The average molecular weight is 371 g/mol. The van der Waals surface area contributed by atoms with Crippen LogP contribution in [0.15, 0.2) is 65.6 Å². The fourth-order valence-electron chi connectivity index (χ4n) is 3.60. The zero-order valence-electron chi connectivity index (χ0n) is 14.7. The summed E-state index contributed by atoms with van der Waals surface area (Å²) < 4.78 is 0. The summed E-state index contributed by atoms with van der Waals surface area (Å²) in [7, 11) is 0. The van der Waals surface area contributed by atoms with E-state index in [2.05, 4.69) is 28.2 Å². The molecule has 3 heterocycles. The van der Waals surface area contributed by atoms with E-state index in [0.29, 0.717) is 17.6 Å². The van der Waals surface area contributed by atoms with E-state index in [0.717, 1.165) is 37.3 Å². The van der Waals surface area contributed by atoms with E-state index in [1.54, 1.807) is 11.3 Å². The molecule has 27 heavy (non-hydrogen) atoms. The van der Waals surface area contributed by atoms with Crippen LogP contribution in [0.25, 0.3) is 31.6 Å². The van der Waals surface area contributed by atoms with Crippen molar-refractivity contribution < 1.29 is 0 Å². The SMILES string of the molecule is Cc1c(-c2ccccc2)sc2nc(Cc3c[nH]c4ccccc34)[nH]c(=O)c12. The number of nitrogens with zero attached hydrogens (tertiary/aromatic N) is 1. The third-order valence-electron chi connectivity index (χ3n) is 4.92. The number of H-pyrrole nitrogens is 2. The van der Waals surface area contributed by atoms with Crippen LogP contribution in [0.3, 0.4) is 0 Å². The largest absolute Gasteiger partial charge is 0.361 e. The van der Waals surface area contributed by atoms with Gasteiger partial charge in [-0.25, -0.2) is 4.98 Å². The number of thiophene rings is 1. The molecule has 0 saturated carbocycles. The van der Waals surface area contributed by atoms with Crippen molar-refractivity contribution in [1.82, 2.24) is 15.0 Å². The van der Waals surface area contributed by atoms with Gasteiger partial charge in [0.15, 0.2) is 0 Å². The van der Waals surface area contributed by atoms with E-state index in [1.807, 2.05) is 49.5 Å². The lowest BCUT2D eigenvalue weighted by molar-refractivity contribution is 0.981. The van der Waals surface area contributed by atoms with E-state index in [9.17, 15) is 4.79 Å². The van der Waals surface area contributed by atoms with Gasteiger partial charge in [0, 0.05) is 28.4 Å². The molecule has 5 heteroatoms. The Morgan fingerprint density at radius 1 is 1.04 bits per heavy atom. The summed E-state index contributed by atoms with van der Waals surface area (Å²) in [5, 5.41) is 1.86. The van der Waals surface area contributed by atoms with Crippen LogP contribution >= 0.6 is 11.3 Å². The Balaban J connectivity index is 1.62. The number of nitrogens with one attached hydrogen (secondary N) is 2. The van der Waals surface area contributed by atoms with Crippen molar-refractivity contribution in [2.45, 2.75) is 13.3 Å². The van der Waals surface area contributed by atoms with Crippen LogP contribution in [0.1, 0.15) is 17.0 Å². The maximum Gasteiger partial charge on any atom is 0.259 e. The molecule has 0 aliphatic carbocycles. The maximum atomic E-state index is 12.8. The first-order chi connectivity index (χ1) is 13.2. The van der Waals surface area contributed by atoms with Crippen LogP contribution in [-0.2, 0) is 6.42 Å². The summed E-state index contributed by atoms with van der Waals surface area (Å²) in [5.41, 5.74) is 4.27. The minimum Gasteiger partial charge on any atom is -0.361 e. The highest BCUT2D eigenvalue weighted by Crippen LogP contribution is 2.35. The first kappa shape index (κ1) is 16.0. The molecule has 4 nitrogen and oxygen atoms in total. The number of aromatic amines is 2. The van der Waals surface area contributed by atoms with Crippen LogP contribution < -0.4 is 5.56 Å². The Morgan fingerprint density at radius 3 is 2.67 bits per heavy atom. The molecule has 0 atom stereocenters. The molecule has 5 rings (SSSR count). The summed E-state index contributed by atoms with van der Waals surface area (Å²) in [4.78, 5) is 25.7. The Morgan fingerprint density at radius 2 is 1.81 bits per heavy atom. The van der Waals surface area contributed by atoms with Gasteiger partial charge in [-0.15, -0.1) is 11.3 Å². The van der Waals surface area contributed by atoms with Gasteiger partial charge in [-0.3, -0.25) is 4.79 Å². The number of aromatic nitrogens is 3. The Hall–Kier alpha value is -3.18. The molecule has 0 spiro atoms. The van der Waals surface area contributed by atoms with Crippen LogP contribution in [0.2, 0.25) is 0 Å². The first-order valence-corrected chi connectivity index (χ1v) is 9.65. The fraction of sp³-hybridized carbons (Fsp3) is 0.0909. The molecule has 0 unspecified atom stereocenters. The summed E-state index contributed by atoms with van der Waals surface area (Å²) in [5.74, 6) is 0.693. The van der Waals surface area contributed by atoms with Gasteiger partial charge in [0.2, 0.25) is 0 Å². The lowest BCUT2D eigenvalue weighted by Gasteiger charge is -2.01. The number of hydrogen-bond donors (Lipinski definition) is 2. The van der Waals surface area contributed by atoms with Gasteiger partial charge < -0.3 is 9.97 Å². The number of benzene rings is 2. The summed E-state index contributed by atoms with van der Waals surface area (Å²) in [6, 6.07) is 18.3. The average Bonchev–Trinajstić information content (AvgIpc) is 3.24. The number of rotatable bonds is 3. The predicted molar refractivity (Wildman–Crippen MR) is 112 cm³/mol. The van der Waals surface area contributed by atoms with E-state index in [-0.39, 0.29) is 5.56 Å². The maximum absolute atomic E-state index is 12.8. The highest BCUT2D eigenvalue weighted by atomic mass is 32.1. The molecule has 0 bridgehead atoms. The molecule has 0 fully saturated rings. The van der Waals surface area contributed by atoms with Gasteiger partial charge in [-0.1, -0.05) is 48.5 Å². The Bertz CT molecular complexity index is 1330. The second kappa shape index (κ2) is 6.21. The summed E-state index contributed by atoms with van der Waals surface area (Å²) in [6.07, 6.45) is 2.58. The van der Waals surface area contributed by atoms with Gasteiger partial charge in [0.05, 0.1) is 5.39 Å². The second-order valence-electron chi connectivity index (χ2n) is 6.65. The minimum atomic E-state index is -0.0641. The van der Waals surface area contributed by atoms with Gasteiger partial charge in [0.25, 0.3) is 5.56 Å². The molecule has 0 aliphatic heterocycles. The van der Waals surface area contributed by atoms with Gasteiger partial charge >= 0.3 is 0 Å². The molecule has 0 saturated heterocycles. The third-order valence-corrected chi connectivity index (χ3v) is 6.15. The van der Waals surface area contributed by atoms with Crippen molar-refractivity contribution in [2.24, 2.45) is 0 Å². The van der Waals surface area contributed by atoms with Crippen LogP contribution in [0.4, 0.5) is 0 Å². The van der Waals surface area contributed by atoms with E-state index < -0.39 is 0 Å². The molecule has 2 N–H and O–H groups in total. The number of aryl methyl sites for hydroxylation is 1. The van der Waals surface area contributed by atoms with Crippen molar-refractivity contribution >= 4 is 32.5 Å². The first-order valence-electron chi connectivity index (χ1n) is 8.83. The van der Waals surface area contributed by atoms with Crippen LogP contribution in [0, 0.1) is 6.92 Å². The van der Waals surface area contributed by atoms with Crippen LogP contribution in [-0.4, -0.2) is 15.0 Å². The molecular weight excluding hydrogens is 354 g/mol. The molecule has 0 aliphatic rings. The van der Waals surface area contributed by atoms with E-state index in [1.165, 1.54) is 0 Å². The Kier molecular flexibility index (Phi) is 3.69. The van der Waals surface area contributed by atoms with Gasteiger partial charge in [0.1, 0.15) is 10.7 Å². The fourth-order valence-corrected chi connectivity index (χ4v) is 4.80. The Labute approximate surface area is 159 Å². The smallest absolute Gasteiger partial charge is 0.259 e. The summed E-state index contributed by atoms with van der Waals surface area (Å²) in [6.45, 7) is 2.00. The van der Waals surface area contributed by atoms with Crippen molar-refractivity contribution in [3.8, 4) is 10.4 Å². The minimum absolute atomic E-state index is 0.0641. The number of para-hydroxylation sites is 1. The molecule has 2 aromatic carbocycles. The highest BCUT2D eigenvalue weighted by molar-refractivity contribution is 7.22. The molecule has 3 aromatic heterocycles. The monoisotopic (exact) mass is 371 g/mol. The summed E-state index contributed by atoms with van der Waals surface area (Å²) >= 11 is 1.58. The van der Waals surface area contributed by atoms with Crippen molar-refractivity contribution in [1.29, 1.82) is 0 Å². The highest BCUT2D eigenvalue weighted by Gasteiger charge is 2.16. The molecular formula is C22H17N3OS. The number of hydrogen-bond acceptors (Lipinski definition) is 3. The second-order valence-corrected chi connectivity index (χ2v) is 7.65. The zero-order chi connectivity index (χ0) is 18.4. The third kappa shape index (κ3) is 2.67. The van der Waals surface area contributed by atoms with E-state index in [4.69, 9.17) is 4.98 Å². The van der Waals surface area contributed by atoms with Gasteiger partial charge in [-0.2, -0.15) is 0 Å². The standard InChI is InChI=1S/C22H17N3OS/c1-13-19-21(26)24-18(11-15-12-23-17-10-6-5-9-16(15)17)25-22(19)27-20(13)14-7-3-2-4-8-14/h2-10,12,23H,11H2,1H3,(H,24,25,26). The molecule has 132 valence electrons. The zero-order valence-corrected chi connectivity index (χ0v) is 15.6. The quantitative estimate of drug-likeness (QED) is 0.467. The molecule has 0 radical (unpaired) electrons. The molecule has 5 aromatic rings. The lowest BCUT2D eigenvalue weighted by atomic mass is 10.1. The van der Waals surface area contributed by atoms with Crippen LogP contribution in [0.5, 0.6) is 0 Å². The molecule has 0 amide bonds. The predicted octanol–water partition coefficient (Wildman–Crippen LogP) is 5.03. The van der Waals surface area contributed by atoms with Gasteiger partial charge in [-0.05, 0) is 29.7 Å². The van der Waals surface area contributed by atoms with E-state index >= 15 is 0 Å². The topological polar surface area (TPSA) is 61.5 Å².